The first-order chi connectivity index (χ1) is 17.9. The average molecular weight is 537 g/mol. The summed E-state index contributed by atoms with van der Waals surface area (Å²) in [6.45, 7) is 4.18. The molecule has 10 nitrogen and oxygen atoms in total. The third-order valence-corrected chi connectivity index (χ3v) is 6.65. The Hall–Kier alpha value is -2.38. The summed E-state index contributed by atoms with van der Waals surface area (Å²) in [7, 11) is 0. The molecular weight excluding hydrogens is 500 g/mol. The molecule has 0 aliphatic carbocycles. The van der Waals surface area contributed by atoms with Crippen LogP contribution in [0.2, 0.25) is 0 Å². The van der Waals surface area contributed by atoms with Crippen LogP contribution in [0, 0.1) is 0 Å². The van der Waals surface area contributed by atoms with Gasteiger partial charge >= 0.3 is 5.97 Å². The quantitative estimate of drug-likeness (QED) is 0.135. The maximum absolute atomic E-state index is 12.6. The van der Waals surface area contributed by atoms with Crippen molar-refractivity contribution in [3.05, 3.63) is 48.0 Å². The Morgan fingerprint density at radius 1 is 1.14 bits per heavy atom. The van der Waals surface area contributed by atoms with Gasteiger partial charge in [0.2, 0.25) is 0 Å². The zero-order valence-electron chi connectivity index (χ0n) is 21.0. The van der Waals surface area contributed by atoms with Gasteiger partial charge in [0.1, 0.15) is 24.2 Å². The van der Waals surface area contributed by atoms with Gasteiger partial charge in [-0.15, -0.1) is 0 Å². The Labute approximate surface area is 221 Å². The number of para-hydroxylation sites is 1. The van der Waals surface area contributed by atoms with E-state index in [1.165, 1.54) is 0 Å². The van der Waals surface area contributed by atoms with E-state index in [2.05, 4.69) is 17.0 Å². The molecule has 37 heavy (non-hydrogen) atoms. The van der Waals surface area contributed by atoms with Gasteiger partial charge in [0.25, 0.3) is 0 Å². The molecule has 6 N–H and O–H groups in total. The molecule has 2 aromatic carbocycles. The second-order valence-electron chi connectivity index (χ2n) is 8.63. The summed E-state index contributed by atoms with van der Waals surface area (Å²) >= 11 is 1.02. The normalized spacial score (nSPS) is 23.8. The van der Waals surface area contributed by atoms with Gasteiger partial charge in [-0.2, -0.15) is 0 Å². The molecule has 0 aromatic heterocycles. The molecular formula is C26H36N2O8S. The van der Waals surface area contributed by atoms with Crippen molar-refractivity contribution < 1.29 is 39.4 Å². The van der Waals surface area contributed by atoms with Crippen molar-refractivity contribution in [1.29, 1.82) is 0 Å². The lowest BCUT2D eigenvalue weighted by atomic mass is 10.0. The number of hydrogen-bond donors (Lipinski definition) is 6. The van der Waals surface area contributed by atoms with Crippen LogP contribution in [0.15, 0.2) is 47.4 Å². The van der Waals surface area contributed by atoms with Gasteiger partial charge in [0.15, 0.2) is 5.75 Å². The molecule has 1 heterocycles. The summed E-state index contributed by atoms with van der Waals surface area (Å²) in [5.74, 6) is 0.519. The van der Waals surface area contributed by atoms with Crippen LogP contribution in [0.5, 0.6) is 11.5 Å². The first-order valence-electron chi connectivity index (χ1n) is 12.4. The zero-order valence-corrected chi connectivity index (χ0v) is 21.8. The average Bonchev–Trinajstić information content (AvgIpc) is 3.00. The van der Waals surface area contributed by atoms with Crippen molar-refractivity contribution in [1.82, 2.24) is 4.72 Å². The number of hydrogen-bond acceptors (Lipinski definition) is 11. The fourth-order valence-corrected chi connectivity index (χ4v) is 4.61. The number of aliphatic hydroxyl groups is 4. The molecule has 204 valence electrons. The lowest BCUT2D eigenvalue weighted by Crippen LogP contribution is -2.45. The standard InChI is InChI=1S/C26H36N2O8S/c1-3-5-11-27-18-12-16(26(33)34-4-2)13-22(24(18)35-17-9-7-6-8-10-17)37-28-25-23(32)20(31)14-19(30)21(15-29)36-25/h6-10,12-13,19-21,23,25,27-32H,3-5,11,14-15H2,1-2H3/t19-,20+,21-,23?,25?/m1/s1. The number of anilines is 1. The van der Waals surface area contributed by atoms with E-state index in [4.69, 9.17) is 14.2 Å². The SMILES string of the molecule is CCCCNc1cc(C(=O)OCC)cc(SNC2O[C@H](CO)[C@H](O)C[C@H](O)C2O)c1Oc1ccccc1. The highest BCUT2D eigenvalue weighted by atomic mass is 32.2. The number of unbranched alkanes of at least 4 members (excludes halogenated alkanes) is 1. The molecule has 2 aromatic rings. The summed E-state index contributed by atoms with van der Waals surface area (Å²) < 4.78 is 20.1. The Morgan fingerprint density at radius 3 is 2.57 bits per heavy atom. The van der Waals surface area contributed by atoms with Crippen molar-refractivity contribution in [2.75, 3.05) is 25.1 Å². The summed E-state index contributed by atoms with van der Waals surface area (Å²) in [5.41, 5.74) is 0.884. The molecule has 1 aliphatic rings. The fraction of sp³-hybridized carbons (Fsp3) is 0.500. The van der Waals surface area contributed by atoms with Gasteiger partial charge in [-0.25, -0.2) is 9.52 Å². The van der Waals surface area contributed by atoms with Gasteiger partial charge in [0, 0.05) is 13.0 Å². The van der Waals surface area contributed by atoms with E-state index in [1.54, 1.807) is 31.2 Å². The van der Waals surface area contributed by atoms with Crippen molar-refractivity contribution in [2.24, 2.45) is 0 Å². The van der Waals surface area contributed by atoms with Crippen molar-refractivity contribution >= 4 is 23.6 Å². The van der Waals surface area contributed by atoms with Gasteiger partial charge in [-0.3, -0.25) is 0 Å². The van der Waals surface area contributed by atoms with E-state index in [9.17, 15) is 25.2 Å². The largest absolute Gasteiger partial charge is 0.462 e. The van der Waals surface area contributed by atoms with E-state index in [0.29, 0.717) is 34.2 Å². The Morgan fingerprint density at radius 2 is 1.89 bits per heavy atom. The minimum absolute atomic E-state index is 0.151. The predicted octanol–water partition coefficient (Wildman–Crippen LogP) is 2.65. The second-order valence-corrected chi connectivity index (χ2v) is 9.51. The summed E-state index contributed by atoms with van der Waals surface area (Å²) in [5, 5.41) is 44.0. The molecule has 2 unspecified atom stereocenters. The minimum Gasteiger partial charge on any atom is -0.462 e. The van der Waals surface area contributed by atoms with Gasteiger partial charge in [-0.1, -0.05) is 31.5 Å². The number of carbonyl (C=O) groups excluding carboxylic acids is 1. The zero-order chi connectivity index (χ0) is 26.8. The van der Waals surface area contributed by atoms with Crippen LogP contribution >= 0.6 is 11.9 Å². The van der Waals surface area contributed by atoms with Crippen LogP contribution in [-0.2, 0) is 9.47 Å². The Balaban J connectivity index is 1.97. The lowest BCUT2D eigenvalue weighted by Gasteiger charge is -2.26. The smallest absolute Gasteiger partial charge is 0.338 e. The summed E-state index contributed by atoms with van der Waals surface area (Å²) in [4.78, 5) is 13.1. The molecule has 0 saturated carbocycles. The molecule has 1 saturated heterocycles. The van der Waals surface area contributed by atoms with Gasteiger partial charge in [0.05, 0.1) is 41.6 Å². The monoisotopic (exact) mass is 536 g/mol. The summed E-state index contributed by atoms with van der Waals surface area (Å²) in [6.07, 6.45) is -4.22. The van der Waals surface area contributed by atoms with Crippen LogP contribution < -0.4 is 14.8 Å². The Kier molecular flexibility index (Phi) is 11.5. The van der Waals surface area contributed by atoms with Gasteiger partial charge in [-0.05, 0) is 49.6 Å². The Bertz CT molecular complexity index is 996. The number of aliphatic hydroxyl groups excluding tert-OH is 4. The topological polar surface area (TPSA) is 150 Å². The highest BCUT2D eigenvalue weighted by Gasteiger charge is 2.38. The highest BCUT2D eigenvalue weighted by molar-refractivity contribution is 7.97. The molecule has 0 radical (unpaired) electrons. The number of ether oxygens (including phenoxy) is 3. The van der Waals surface area contributed by atoms with E-state index < -0.39 is 43.2 Å². The van der Waals surface area contributed by atoms with Crippen molar-refractivity contribution in [3.8, 4) is 11.5 Å². The molecule has 11 heteroatoms. The third kappa shape index (κ3) is 8.05. The van der Waals surface area contributed by atoms with Crippen LogP contribution in [0.3, 0.4) is 0 Å². The van der Waals surface area contributed by atoms with Crippen molar-refractivity contribution in [3.63, 3.8) is 0 Å². The maximum atomic E-state index is 12.6. The molecule has 5 atom stereocenters. The van der Waals surface area contributed by atoms with Crippen LogP contribution in [0.1, 0.15) is 43.5 Å². The molecule has 0 spiro atoms. The first kappa shape index (κ1) is 29.2. The highest BCUT2D eigenvalue weighted by Crippen LogP contribution is 2.40. The second kappa shape index (κ2) is 14.5. The predicted molar refractivity (Wildman–Crippen MR) is 140 cm³/mol. The van der Waals surface area contributed by atoms with E-state index in [-0.39, 0.29) is 13.0 Å². The molecule has 3 rings (SSSR count). The van der Waals surface area contributed by atoms with E-state index in [1.807, 2.05) is 18.2 Å². The number of carbonyl (C=O) groups is 1. The number of esters is 1. The fourth-order valence-electron chi connectivity index (χ4n) is 3.74. The van der Waals surface area contributed by atoms with Gasteiger partial charge < -0.3 is 40.0 Å². The maximum Gasteiger partial charge on any atom is 0.338 e. The van der Waals surface area contributed by atoms with Crippen molar-refractivity contribution in [2.45, 2.75) is 68.6 Å². The molecule has 0 bridgehead atoms. The number of benzene rings is 2. The molecule has 0 amide bonds. The lowest BCUT2D eigenvalue weighted by molar-refractivity contribution is -0.121. The molecule has 1 fully saturated rings. The van der Waals surface area contributed by atoms with Crippen LogP contribution in [-0.4, -0.2) is 76.8 Å². The van der Waals surface area contributed by atoms with E-state index in [0.717, 1.165) is 24.8 Å². The van der Waals surface area contributed by atoms with Crippen LogP contribution in [0.25, 0.3) is 0 Å². The number of nitrogens with one attached hydrogen (secondary N) is 2. The van der Waals surface area contributed by atoms with E-state index >= 15 is 0 Å². The summed E-state index contributed by atoms with van der Waals surface area (Å²) in [6, 6.07) is 12.4. The first-order valence-corrected chi connectivity index (χ1v) is 13.2. The minimum atomic E-state index is -1.38. The van der Waals surface area contributed by atoms with Crippen LogP contribution in [0.4, 0.5) is 5.69 Å². The third-order valence-electron chi connectivity index (χ3n) is 5.78. The number of rotatable bonds is 12. The molecule has 1 aliphatic heterocycles.